The lowest BCUT2D eigenvalue weighted by molar-refractivity contribution is 0.311. The Bertz CT molecular complexity index is 620. The molecule has 0 saturated carbocycles. The number of rotatable bonds is 3. The zero-order valence-corrected chi connectivity index (χ0v) is 9.97. The maximum Gasteiger partial charge on any atom is 0.101 e. The highest BCUT2D eigenvalue weighted by Crippen LogP contribution is 2.33. The van der Waals surface area contributed by atoms with Gasteiger partial charge in [0.25, 0.3) is 0 Å². The first-order chi connectivity index (χ1) is 8.26. The normalized spacial score (nSPS) is 11.4. The van der Waals surface area contributed by atoms with Crippen molar-refractivity contribution in [2.75, 3.05) is 24.2 Å². The van der Waals surface area contributed by atoms with Gasteiger partial charge < -0.3 is 21.1 Å². The number of H-pyrrole nitrogens is 1. The summed E-state index contributed by atoms with van der Waals surface area (Å²) < 4.78 is 1.22. The van der Waals surface area contributed by atoms with E-state index in [2.05, 4.69) is 28.5 Å². The third-order valence-corrected chi connectivity index (χ3v) is 3.75. The minimum atomic E-state index is 0.144. The average molecular weight is 247 g/mol. The van der Waals surface area contributed by atoms with E-state index >= 15 is 0 Å². The van der Waals surface area contributed by atoms with E-state index in [4.69, 9.17) is 10.8 Å². The zero-order valence-electron chi connectivity index (χ0n) is 9.16. The lowest BCUT2D eigenvalue weighted by Crippen LogP contribution is -2.03. The lowest BCUT2D eigenvalue weighted by atomic mass is 10.2. The van der Waals surface area contributed by atoms with Crippen LogP contribution in [0.1, 0.15) is 0 Å². The number of nitrogens with two attached hydrogens (primary N) is 1. The van der Waals surface area contributed by atoms with Crippen LogP contribution in [-0.2, 0) is 0 Å². The summed E-state index contributed by atoms with van der Waals surface area (Å²) in [6, 6.07) is 8.26. The monoisotopic (exact) mass is 247 g/mol. The molecule has 0 aliphatic rings. The summed E-state index contributed by atoms with van der Waals surface area (Å²) in [6.07, 6.45) is 0. The van der Waals surface area contributed by atoms with Crippen molar-refractivity contribution in [1.82, 2.24) is 4.98 Å². The fourth-order valence-corrected chi connectivity index (χ4v) is 2.97. The molecular formula is C12H13N3OS. The number of hydrogen-bond acceptors (Lipinski definition) is 4. The highest BCUT2D eigenvalue weighted by Gasteiger charge is 2.05. The van der Waals surface area contributed by atoms with Crippen molar-refractivity contribution in [3.63, 3.8) is 0 Å². The van der Waals surface area contributed by atoms with Crippen LogP contribution in [-0.4, -0.2) is 23.2 Å². The van der Waals surface area contributed by atoms with Crippen LogP contribution in [0.4, 0.5) is 10.8 Å². The number of thiophene rings is 1. The average Bonchev–Trinajstić information content (AvgIpc) is 2.83. The zero-order chi connectivity index (χ0) is 11.8. The second-order valence-electron chi connectivity index (χ2n) is 3.96. The van der Waals surface area contributed by atoms with E-state index in [9.17, 15) is 0 Å². The van der Waals surface area contributed by atoms with Gasteiger partial charge in [-0.15, -0.1) is 11.3 Å². The molecule has 0 aliphatic heterocycles. The molecule has 3 rings (SSSR count). The van der Waals surface area contributed by atoms with Crippen LogP contribution in [0.5, 0.6) is 0 Å². The Morgan fingerprint density at radius 3 is 2.94 bits per heavy atom. The summed E-state index contributed by atoms with van der Waals surface area (Å²) in [7, 11) is 0. The molecule has 0 atom stereocenters. The van der Waals surface area contributed by atoms with Crippen molar-refractivity contribution in [2.45, 2.75) is 0 Å². The molecule has 1 aromatic carbocycles. The summed E-state index contributed by atoms with van der Waals surface area (Å²) >= 11 is 1.68. The number of fused-ring (bicyclic) bond motifs is 2. The van der Waals surface area contributed by atoms with E-state index in [1.807, 2.05) is 6.07 Å². The minimum Gasteiger partial charge on any atom is -0.395 e. The van der Waals surface area contributed by atoms with E-state index in [-0.39, 0.29) is 6.61 Å². The van der Waals surface area contributed by atoms with Gasteiger partial charge in [-0.3, -0.25) is 0 Å². The maximum absolute atomic E-state index is 8.78. The topological polar surface area (TPSA) is 74.1 Å². The highest BCUT2D eigenvalue weighted by molar-refractivity contribution is 7.22. The number of nitrogen functional groups attached to an aromatic ring is 1. The molecule has 0 unspecified atom stereocenters. The molecule has 2 heterocycles. The van der Waals surface area contributed by atoms with Gasteiger partial charge in [-0.2, -0.15) is 0 Å². The quantitative estimate of drug-likeness (QED) is 0.574. The van der Waals surface area contributed by atoms with Crippen molar-refractivity contribution < 1.29 is 5.11 Å². The second kappa shape index (κ2) is 3.94. The predicted octanol–water partition coefficient (Wildman–Crippen LogP) is 2.37. The fraction of sp³-hybridized carbons (Fsp3) is 0.167. The van der Waals surface area contributed by atoms with Crippen molar-refractivity contribution in [3.05, 3.63) is 24.3 Å². The van der Waals surface area contributed by atoms with Gasteiger partial charge in [-0.25, -0.2) is 0 Å². The molecule has 0 radical (unpaired) electrons. The molecule has 88 valence electrons. The van der Waals surface area contributed by atoms with Gasteiger partial charge in [-0.05, 0) is 29.7 Å². The number of benzene rings is 1. The molecule has 2 aromatic heterocycles. The molecule has 17 heavy (non-hydrogen) atoms. The van der Waals surface area contributed by atoms with E-state index in [0.29, 0.717) is 12.4 Å². The van der Waals surface area contributed by atoms with Gasteiger partial charge in [0.2, 0.25) is 0 Å². The molecule has 5 N–H and O–H groups in total. The summed E-state index contributed by atoms with van der Waals surface area (Å²) in [4.78, 5) is 3.13. The Balaban J connectivity index is 2.09. The van der Waals surface area contributed by atoms with Crippen LogP contribution in [0.3, 0.4) is 0 Å². The third-order valence-electron chi connectivity index (χ3n) is 2.69. The SMILES string of the molecule is Nc1cc2cc3sc(NCCO)cc3cc2[nH]1. The Labute approximate surface area is 102 Å². The molecule has 4 nitrogen and oxygen atoms in total. The Kier molecular flexibility index (Phi) is 2.42. The summed E-state index contributed by atoms with van der Waals surface area (Å²) in [5, 5.41) is 15.3. The molecule has 0 fully saturated rings. The number of hydrogen-bond donors (Lipinski definition) is 4. The van der Waals surface area contributed by atoms with Crippen LogP contribution in [0.25, 0.3) is 21.0 Å². The molecule has 5 heteroatoms. The van der Waals surface area contributed by atoms with Gasteiger partial charge in [0.05, 0.1) is 11.6 Å². The number of aromatic amines is 1. The van der Waals surface area contributed by atoms with Crippen LogP contribution in [0.15, 0.2) is 24.3 Å². The van der Waals surface area contributed by atoms with Crippen LogP contribution in [0.2, 0.25) is 0 Å². The Hall–Kier alpha value is -1.72. The highest BCUT2D eigenvalue weighted by atomic mass is 32.1. The van der Waals surface area contributed by atoms with E-state index in [1.165, 1.54) is 10.1 Å². The third kappa shape index (κ3) is 1.83. The maximum atomic E-state index is 8.78. The number of anilines is 2. The largest absolute Gasteiger partial charge is 0.395 e. The van der Waals surface area contributed by atoms with Gasteiger partial charge in [0.1, 0.15) is 5.82 Å². The summed E-state index contributed by atoms with van der Waals surface area (Å²) in [6.45, 7) is 0.725. The summed E-state index contributed by atoms with van der Waals surface area (Å²) in [5.74, 6) is 0.691. The molecule has 3 aromatic rings. The van der Waals surface area contributed by atoms with Crippen LogP contribution < -0.4 is 11.1 Å². The van der Waals surface area contributed by atoms with Gasteiger partial charge in [-0.1, -0.05) is 0 Å². The van der Waals surface area contributed by atoms with Crippen molar-refractivity contribution in [1.29, 1.82) is 0 Å². The molecule has 0 aliphatic carbocycles. The minimum absolute atomic E-state index is 0.144. The van der Waals surface area contributed by atoms with Crippen molar-refractivity contribution in [2.24, 2.45) is 0 Å². The van der Waals surface area contributed by atoms with Gasteiger partial charge in [0, 0.05) is 22.1 Å². The van der Waals surface area contributed by atoms with E-state index < -0.39 is 0 Å². The van der Waals surface area contributed by atoms with Crippen molar-refractivity contribution in [3.8, 4) is 0 Å². The van der Waals surface area contributed by atoms with E-state index in [1.54, 1.807) is 11.3 Å². The molecule has 0 saturated heterocycles. The smallest absolute Gasteiger partial charge is 0.101 e. The lowest BCUT2D eigenvalue weighted by Gasteiger charge is -1.96. The molecular weight excluding hydrogens is 234 g/mol. The number of aromatic nitrogens is 1. The fourth-order valence-electron chi connectivity index (χ4n) is 1.96. The first kappa shape index (κ1) is 10.4. The van der Waals surface area contributed by atoms with Crippen molar-refractivity contribution >= 4 is 43.1 Å². The van der Waals surface area contributed by atoms with Gasteiger partial charge in [0.15, 0.2) is 0 Å². The second-order valence-corrected chi connectivity index (χ2v) is 5.05. The number of aliphatic hydroxyl groups is 1. The predicted molar refractivity (Wildman–Crippen MR) is 73.7 cm³/mol. The summed E-state index contributed by atoms with van der Waals surface area (Å²) in [5.41, 5.74) is 6.78. The Morgan fingerprint density at radius 2 is 2.12 bits per heavy atom. The van der Waals surface area contributed by atoms with E-state index in [0.717, 1.165) is 15.9 Å². The Morgan fingerprint density at radius 1 is 1.24 bits per heavy atom. The van der Waals surface area contributed by atoms with Gasteiger partial charge >= 0.3 is 0 Å². The number of nitrogens with one attached hydrogen (secondary N) is 2. The first-order valence-corrected chi connectivity index (χ1v) is 6.24. The number of aliphatic hydroxyl groups excluding tert-OH is 1. The molecule has 0 bridgehead atoms. The molecule has 0 spiro atoms. The molecule has 0 amide bonds. The van der Waals surface area contributed by atoms with Crippen LogP contribution in [0, 0.1) is 0 Å². The van der Waals surface area contributed by atoms with Crippen LogP contribution >= 0.6 is 11.3 Å². The first-order valence-electron chi connectivity index (χ1n) is 5.43. The standard InChI is InChI=1S/C12H13N3OS/c13-11-5-7-4-10-8(3-9(7)15-11)6-12(17-10)14-1-2-16/h3-6,14-16H,1-2,13H2.